The minimum absolute atomic E-state index is 0. The van der Waals surface area contributed by atoms with Crippen molar-refractivity contribution in [3.05, 3.63) is 339 Å². The monoisotopic (exact) mass is 2530 g/mol. The maximum Gasteiger partial charge on any atom is 0.332 e. The van der Waals surface area contributed by atoms with Gasteiger partial charge in [0.1, 0.15) is 31.1 Å². The van der Waals surface area contributed by atoms with Gasteiger partial charge < -0.3 is 24.7 Å². The zero-order valence-corrected chi connectivity index (χ0v) is 98.4. The lowest BCUT2D eigenvalue weighted by atomic mass is 9.84. The van der Waals surface area contributed by atoms with E-state index in [2.05, 4.69) is 190 Å². The van der Waals surface area contributed by atoms with E-state index < -0.39 is 92.2 Å². The molecular formula is C102H123ClI4N12O20S4Si. The van der Waals surface area contributed by atoms with Crippen molar-refractivity contribution in [3.8, 4) is 81.9 Å². The van der Waals surface area contributed by atoms with Gasteiger partial charge in [0.15, 0.2) is 0 Å². The molecule has 0 aliphatic carbocycles. The van der Waals surface area contributed by atoms with E-state index in [1.165, 1.54) is 77.3 Å². The summed E-state index contributed by atoms with van der Waals surface area (Å²) in [5.74, 6) is 11.4. The molecule has 0 atom stereocenters. The lowest BCUT2D eigenvalue weighted by molar-refractivity contribution is 0.394. The largest absolute Gasteiger partial charge is 0.496 e. The Kier molecular flexibility index (Phi) is 49.0. The summed E-state index contributed by atoms with van der Waals surface area (Å²) in [6.07, 6.45) is 25.7. The van der Waals surface area contributed by atoms with Crippen molar-refractivity contribution in [2.75, 3.05) is 73.4 Å². The van der Waals surface area contributed by atoms with Gasteiger partial charge >= 0.3 is 22.8 Å². The molecule has 144 heavy (non-hydrogen) atoms. The smallest absolute Gasteiger partial charge is 0.332 e. The van der Waals surface area contributed by atoms with Gasteiger partial charge in [0.25, 0.3) is 22.2 Å². The SMILES string of the molecule is C#C[Si](C)(C)C.C#Cc1cc(-n2ccc(=O)[nH]c2=O)cc(C(C)(C)C)c1OC.CCC.COc1c(/C=C/c2ccc(NS(C)(=O)=O)cc2)cc(-n2ccc(=O)[nH]c2=O)cc1C(C)(C)C.COc1c(C#Cc2ccc(NS(C)(=O)=O)cc2)cc(-n2ccc(=O)[nH]c2=O)cc1C(C)(C)C.COc1c(I)cc(-n2ccc(=O)[nH]c2=O)cc1C(C)(C)C.CS(=O)(=O)Cl.CS(=O)(=O)Nc1ccc(I)cc1.I.Nc1ccc(I)cc1. The van der Waals surface area contributed by atoms with Gasteiger partial charge in [-0.2, -0.15) is 0 Å². The number of methoxy groups -OCH3 is 4. The molecule has 12 aromatic rings. The first-order chi connectivity index (χ1) is 66.0. The molecule has 4 aromatic heterocycles. The number of hydrogen-bond acceptors (Lipinski definition) is 21. The molecule has 0 radical (unpaired) electrons. The number of benzene rings is 8. The number of H-pyrrole nitrogens is 4. The lowest BCUT2D eigenvalue weighted by Gasteiger charge is -2.25. The molecule has 4 heterocycles. The van der Waals surface area contributed by atoms with Crippen LogP contribution in [-0.2, 0) is 60.8 Å². The van der Waals surface area contributed by atoms with Gasteiger partial charge in [0.05, 0.1) is 90.9 Å². The number of terminal acetylenes is 2. The molecule has 774 valence electrons. The Morgan fingerprint density at radius 3 is 0.965 bits per heavy atom. The summed E-state index contributed by atoms with van der Waals surface area (Å²) < 4.78 is 124. The molecule has 0 fully saturated rings. The first-order valence-electron chi connectivity index (χ1n) is 43.3. The summed E-state index contributed by atoms with van der Waals surface area (Å²) in [5.41, 5.74) is 15.1. The molecule has 32 nitrogen and oxygen atoms in total. The highest BCUT2D eigenvalue weighted by Gasteiger charge is 2.28. The van der Waals surface area contributed by atoms with E-state index in [9.17, 15) is 72.0 Å². The van der Waals surface area contributed by atoms with Gasteiger partial charge in [-0.1, -0.05) is 165 Å². The van der Waals surface area contributed by atoms with E-state index in [0.717, 1.165) is 77.0 Å². The van der Waals surface area contributed by atoms with Crippen molar-refractivity contribution in [3.63, 3.8) is 0 Å². The minimum atomic E-state index is -3.36. The molecule has 0 unspecified atom stereocenters. The number of halogens is 5. The van der Waals surface area contributed by atoms with E-state index in [1.54, 1.807) is 101 Å². The number of anilines is 4. The molecule has 0 aliphatic heterocycles. The second-order valence-electron chi connectivity index (χ2n) is 36.6. The maximum atomic E-state index is 12.4. The zero-order valence-electron chi connectivity index (χ0n) is 84.6. The molecule has 0 saturated heterocycles. The van der Waals surface area contributed by atoms with Crippen LogP contribution in [0, 0.1) is 46.9 Å². The standard InChI is InChI=1S/C24H27N3O5S.C24H25N3O5S.C17H18N2O3.C15H17IN2O3.C7H8INO2S.C6H6IN.C5H10Si.C3H8.CH3ClO2S.HI/c2*1-24(2,3)20-15-19(27-13-12-21(28)25-23(27)29)14-17(22(20)32-4)9-6-16-7-10-18(11-8-16)26-33(5,30)31;1-6-11-9-12(19-8-7-14(20)18-16(19)21)10-13(15(11)22-5)17(2,3)4;1-15(2,3)10-7-9(8-11(16)13(10)21-4)18-6-5-12(19)17-14(18)20;1-12(10,11)9-7-4-2-6(8)3-5-7;7-5-1-3-6(8)4-2-5;1-5-6(2,3)4;1-3-2;1-5(2,3)4;/h6-15,26H,1-5H3,(H,25,28,29);7-8,10-15,26H,1-5H3,(H,25,28,29);1,7-10H,2-5H3,(H,18,20,21);5-8H,1-4H3,(H,17,19,20);2-5,9H,1H3;1-4H,8H2;1H,2-4H3;3H2,1-2H3;1H3;1H/b9-6+;;;;;;;;;. The number of nitrogens with one attached hydrogen (secondary N) is 7. The average molecular weight is 2540 g/mol. The highest BCUT2D eigenvalue weighted by molar-refractivity contribution is 14.1. The number of aromatic nitrogens is 8. The van der Waals surface area contributed by atoms with Crippen molar-refractivity contribution in [2.45, 2.75) is 145 Å². The van der Waals surface area contributed by atoms with Crippen LogP contribution in [0.2, 0.25) is 19.6 Å². The molecule has 12 rings (SSSR count). The highest BCUT2D eigenvalue weighted by atomic mass is 127. The number of ether oxygens (including phenoxy) is 4. The second kappa shape index (κ2) is 55.7. The number of nitrogens with zero attached hydrogens (tertiary/aromatic N) is 4. The third-order valence-electron chi connectivity index (χ3n) is 18.5. The van der Waals surface area contributed by atoms with Crippen molar-refractivity contribution >= 4 is 185 Å². The summed E-state index contributed by atoms with van der Waals surface area (Å²) >= 11 is 6.58. The Labute approximate surface area is 905 Å². The van der Waals surface area contributed by atoms with Crippen LogP contribution >= 0.6 is 102 Å². The van der Waals surface area contributed by atoms with Crippen LogP contribution in [0.3, 0.4) is 0 Å². The molecule has 0 saturated carbocycles. The third-order valence-corrected chi connectivity index (χ3v) is 23.5. The molecule has 0 amide bonds. The summed E-state index contributed by atoms with van der Waals surface area (Å²) in [6.45, 7) is 35.2. The summed E-state index contributed by atoms with van der Waals surface area (Å²) in [7, 11) is -3.28. The topological polar surface area (TPSA) is 455 Å². The van der Waals surface area contributed by atoms with E-state index in [-0.39, 0.29) is 45.6 Å². The van der Waals surface area contributed by atoms with Crippen LogP contribution in [0.25, 0.3) is 34.9 Å². The minimum Gasteiger partial charge on any atom is -0.496 e. The normalized spacial score (nSPS) is 11.2. The highest BCUT2D eigenvalue weighted by Crippen LogP contribution is 2.41. The van der Waals surface area contributed by atoms with Crippen LogP contribution in [0.1, 0.15) is 153 Å². The summed E-state index contributed by atoms with van der Waals surface area (Å²) in [6, 6.07) is 48.2. The Bertz CT molecular complexity index is 7640. The first-order valence-corrected chi connectivity index (χ1v) is 58.4. The van der Waals surface area contributed by atoms with Crippen molar-refractivity contribution in [1.82, 2.24) is 38.2 Å². The van der Waals surface area contributed by atoms with Gasteiger partial charge in [0, 0.05) is 123 Å². The van der Waals surface area contributed by atoms with Gasteiger partial charge in [-0.15, -0.1) is 42.4 Å². The molecule has 9 N–H and O–H groups in total. The average Bonchev–Trinajstić information content (AvgIpc) is 0.790. The van der Waals surface area contributed by atoms with Gasteiger partial charge in [-0.25, -0.2) is 52.8 Å². The van der Waals surface area contributed by atoms with Crippen molar-refractivity contribution < 1.29 is 52.6 Å². The Hall–Kier alpha value is -11.5. The molecular weight excluding hydrogens is 2410 g/mol. The Morgan fingerprint density at radius 1 is 0.410 bits per heavy atom. The first kappa shape index (κ1) is 127. The molecule has 42 heteroatoms. The quantitative estimate of drug-likeness (QED) is 0.0111. The van der Waals surface area contributed by atoms with Gasteiger partial charge in [-0.05, 0) is 228 Å². The van der Waals surface area contributed by atoms with Crippen LogP contribution in [0.5, 0.6) is 23.0 Å². The number of nitrogens with two attached hydrogens (primary N) is 1. The number of rotatable bonds is 16. The van der Waals surface area contributed by atoms with E-state index in [4.69, 9.17) is 37.5 Å². The van der Waals surface area contributed by atoms with Gasteiger partial charge in [0.2, 0.25) is 39.1 Å². The van der Waals surface area contributed by atoms with Crippen LogP contribution in [-0.4, -0.2) is 133 Å². The fourth-order valence-electron chi connectivity index (χ4n) is 12.1. The number of sulfonamides is 3. The number of aromatic amines is 4. The molecule has 0 spiro atoms. The van der Waals surface area contributed by atoms with Crippen LogP contribution < -0.4 is 83.8 Å². The summed E-state index contributed by atoms with van der Waals surface area (Å²) in [4.78, 5) is 103. The Morgan fingerprint density at radius 2 is 0.681 bits per heavy atom. The Balaban J connectivity index is 0.000000448. The maximum absolute atomic E-state index is 12.4. The van der Waals surface area contributed by atoms with Crippen molar-refractivity contribution in [2.24, 2.45) is 0 Å². The van der Waals surface area contributed by atoms with Crippen LogP contribution in [0.15, 0.2) is 233 Å². The van der Waals surface area contributed by atoms with Gasteiger partial charge in [-0.3, -0.25) is 71.5 Å². The predicted molar refractivity (Wildman–Crippen MR) is 622 cm³/mol. The zero-order chi connectivity index (χ0) is 109. The fraction of sp³-hybridized carbons (Fsp3) is 0.294. The van der Waals surface area contributed by atoms with E-state index in [0.29, 0.717) is 73.8 Å². The van der Waals surface area contributed by atoms with E-state index >= 15 is 0 Å². The second-order valence-corrected chi connectivity index (χ2v) is 53.3. The number of hydrogen-bond donors (Lipinski definition) is 8. The molecule has 8 aromatic carbocycles. The van der Waals surface area contributed by atoms with Crippen LogP contribution in [0.4, 0.5) is 22.7 Å². The molecule has 0 aliphatic rings. The molecule has 0 bridgehead atoms. The fourth-order valence-corrected chi connectivity index (χ4v) is 15.4. The third kappa shape index (κ3) is 44.2. The van der Waals surface area contributed by atoms with E-state index in [1.807, 2.05) is 147 Å². The van der Waals surface area contributed by atoms with Crippen molar-refractivity contribution in [1.29, 1.82) is 0 Å². The number of nitrogen functional groups attached to an aromatic ring is 1. The lowest BCUT2D eigenvalue weighted by Crippen LogP contribution is -2.28. The summed E-state index contributed by atoms with van der Waals surface area (Å²) in [5, 5.41) is 0. The predicted octanol–water partition coefficient (Wildman–Crippen LogP) is 17.5.